The Hall–Kier alpha value is -1.22. The molecule has 1 aromatic rings. The lowest BCUT2D eigenvalue weighted by atomic mass is 9.81. The van der Waals surface area contributed by atoms with Crippen LogP contribution in [0.25, 0.3) is 0 Å². The number of methoxy groups -OCH3 is 1. The minimum atomic E-state index is -0.749. The average Bonchev–Trinajstić information content (AvgIpc) is 2.28. The minimum Gasteiger partial charge on any atom is -0.370 e. The van der Waals surface area contributed by atoms with Crippen molar-refractivity contribution >= 4 is 6.29 Å². The van der Waals surface area contributed by atoms with Crippen LogP contribution in [0.4, 0.5) is 4.39 Å². The minimum absolute atomic E-state index is 0.258. The number of fused-ring (bicyclic) bond motifs is 1. The van der Waals surface area contributed by atoms with Gasteiger partial charge in [0.25, 0.3) is 0 Å². The molecule has 0 amide bonds. The number of carbonyl (C=O) groups is 1. The first-order chi connectivity index (χ1) is 7.19. The van der Waals surface area contributed by atoms with Crippen LogP contribution >= 0.6 is 0 Å². The molecule has 0 saturated carbocycles. The molecule has 1 aromatic carbocycles. The molecule has 0 bridgehead atoms. The molecule has 0 aliphatic heterocycles. The summed E-state index contributed by atoms with van der Waals surface area (Å²) in [6.07, 6.45) is 2.74. The summed E-state index contributed by atoms with van der Waals surface area (Å²) in [6, 6.07) is 4.74. The van der Waals surface area contributed by atoms with Gasteiger partial charge in [-0.1, -0.05) is 6.07 Å². The Labute approximate surface area is 88.1 Å². The van der Waals surface area contributed by atoms with E-state index >= 15 is 0 Å². The van der Waals surface area contributed by atoms with Crippen molar-refractivity contribution in [2.45, 2.75) is 24.9 Å². The predicted molar refractivity (Wildman–Crippen MR) is 54.2 cm³/mol. The Bertz CT molecular complexity index is 389. The van der Waals surface area contributed by atoms with Gasteiger partial charge in [0.15, 0.2) is 6.29 Å². The molecule has 1 aliphatic carbocycles. The van der Waals surface area contributed by atoms with Crippen LogP contribution in [0.1, 0.15) is 17.5 Å². The molecule has 3 heteroatoms. The molecule has 15 heavy (non-hydrogen) atoms. The molecule has 1 unspecified atom stereocenters. The normalized spacial score (nSPS) is 24.7. The maximum Gasteiger partial charge on any atom is 0.152 e. The number of hydrogen-bond acceptors (Lipinski definition) is 2. The number of hydrogen-bond donors (Lipinski definition) is 0. The van der Waals surface area contributed by atoms with E-state index in [1.807, 2.05) is 0 Å². The van der Waals surface area contributed by atoms with Gasteiger partial charge in [0.2, 0.25) is 0 Å². The molecule has 0 N–H and O–H groups in total. The predicted octanol–water partition coefficient (Wildman–Crippen LogP) is 1.90. The molecule has 0 fully saturated rings. The molecule has 0 radical (unpaired) electrons. The van der Waals surface area contributed by atoms with Gasteiger partial charge in [-0.2, -0.15) is 0 Å². The van der Waals surface area contributed by atoms with E-state index in [0.717, 1.165) is 23.8 Å². The molecule has 0 saturated heterocycles. The number of rotatable bonds is 2. The Morgan fingerprint density at radius 2 is 2.27 bits per heavy atom. The summed E-state index contributed by atoms with van der Waals surface area (Å²) >= 11 is 0. The molecule has 0 aromatic heterocycles. The fourth-order valence-corrected chi connectivity index (χ4v) is 2.08. The first-order valence-corrected chi connectivity index (χ1v) is 4.98. The number of aldehydes is 1. The Morgan fingerprint density at radius 3 is 2.93 bits per heavy atom. The van der Waals surface area contributed by atoms with Gasteiger partial charge in [0.1, 0.15) is 11.4 Å². The van der Waals surface area contributed by atoms with E-state index < -0.39 is 5.60 Å². The number of carbonyl (C=O) groups excluding carboxylic acids is 1. The van der Waals surface area contributed by atoms with Crippen LogP contribution < -0.4 is 0 Å². The van der Waals surface area contributed by atoms with E-state index in [1.54, 1.807) is 6.07 Å². The van der Waals surface area contributed by atoms with Gasteiger partial charge in [-0.3, -0.25) is 0 Å². The highest BCUT2D eigenvalue weighted by atomic mass is 19.1. The number of aryl methyl sites for hydroxylation is 1. The summed E-state index contributed by atoms with van der Waals surface area (Å²) < 4.78 is 18.3. The summed E-state index contributed by atoms with van der Waals surface area (Å²) in [4.78, 5) is 11.0. The molecule has 2 rings (SSSR count). The largest absolute Gasteiger partial charge is 0.370 e. The number of benzene rings is 1. The zero-order chi connectivity index (χ0) is 10.9. The molecule has 2 nitrogen and oxygen atoms in total. The second kappa shape index (κ2) is 3.74. The maximum absolute atomic E-state index is 13.0. The third-order valence-electron chi connectivity index (χ3n) is 3.10. The molecule has 0 spiro atoms. The van der Waals surface area contributed by atoms with Gasteiger partial charge >= 0.3 is 0 Å². The van der Waals surface area contributed by atoms with Crippen LogP contribution in [0, 0.1) is 5.82 Å². The van der Waals surface area contributed by atoms with Crippen molar-refractivity contribution in [3.63, 3.8) is 0 Å². The van der Waals surface area contributed by atoms with Crippen molar-refractivity contribution in [1.82, 2.24) is 0 Å². The highest BCUT2D eigenvalue weighted by Crippen LogP contribution is 2.30. The lowest BCUT2D eigenvalue weighted by Crippen LogP contribution is -2.39. The van der Waals surface area contributed by atoms with E-state index in [2.05, 4.69) is 0 Å². The van der Waals surface area contributed by atoms with Crippen LogP contribution in [-0.2, 0) is 22.4 Å². The van der Waals surface area contributed by atoms with Crippen LogP contribution in [0.2, 0.25) is 0 Å². The number of ether oxygens (including phenoxy) is 1. The second-order valence-corrected chi connectivity index (χ2v) is 3.98. The van der Waals surface area contributed by atoms with E-state index in [1.165, 1.54) is 19.2 Å². The fourth-order valence-electron chi connectivity index (χ4n) is 2.08. The summed E-state index contributed by atoms with van der Waals surface area (Å²) in [7, 11) is 1.53. The molecule has 0 heterocycles. The Morgan fingerprint density at radius 1 is 1.47 bits per heavy atom. The zero-order valence-corrected chi connectivity index (χ0v) is 8.63. The smallest absolute Gasteiger partial charge is 0.152 e. The van der Waals surface area contributed by atoms with Gasteiger partial charge in [-0.25, -0.2) is 4.39 Å². The zero-order valence-electron chi connectivity index (χ0n) is 8.63. The van der Waals surface area contributed by atoms with Gasteiger partial charge in [0, 0.05) is 13.5 Å². The summed E-state index contributed by atoms with van der Waals surface area (Å²) in [6.45, 7) is 0. The van der Waals surface area contributed by atoms with Gasteiger partial charge in [-0.05, 0) is 36.1 Å². The van der Waals surface area contributed by atoms with Gasteiger partial charge in [0.05, 0.1) is 0 Å². The quantitative estimate of drug-likeness (QED) is 0.694. The van der Waals surface area contributed by atoms with Crippen LogP contribution in [0.5, 0.6) is 0 Å². The SMILES string of the molecule is COC1(C=O)CCc2ccc(F)cc2C1. The van der Waals surface area contributed by atoms with Crippen LogP contribution in [-0.4, -0.2) is 19.0 Å². The van der Waals surface area contributed by atoms with E-state index in [9.17, 15) is 9.18 Å². The summed E-state index contributed by atoms with van der Waals surface area (Å²) in [5, 5.41) is 0. The van der Waals surface area contributed by atoms with E-state index in [4.69, 9.17) is 4.74 Å². The highest BCUT2D eigenvalue weighted by Gasteiger charge is 2.34. The number of halogens is 1. The molecule has 1 aliphatic rings. The van der Waals surface area contributed by atoms with Crippen molar-refractivity contribution in [2.75, 3.05) is 7.11 Å². The van der Waals surface area contributed by atoms with E-state index in [-0.39, 0.29) is 5.82 Å². The first-order valence-electron chi connectivity index (χ1n) is 4.98. The lowest BCUT2D eigenvalue weighted by Gasteiger charge is -2.32. The molecular formula is C12H13FO2. The van der Waals surface area contributed by atoms with Crippen molar-refractivity contribution in [1.29, 1.82) is 0 Å². The first kappa shape index (κ1) is 10.3. The monoisotopic (exact) mass is 208 g/mol. The summed E-state index contributed by atoms with van der Waals surface area (Å²) in [5.41, 5.74) is 1.25. The summed E-state index contributed by atoms with van der Waals surface area (Å²) in [5.74, 6) is -0.258. The van der Waals surface area contributed by atoms with E-state index in [0.29, 0.717) is 12.8 Å². The molecular weight excluding hydrogens is 195 g/mol. The van der Waals surface area contributed by atoms with Crippen molar-refractivity contribution in [2.24, 2.45) is 0 Å². The third-order valence-corrected chi connectivity index (χ3v) is 3.10. The van der Waals surface area contributed by atoms with Gasteiger partial charge < -0.3 is 9.53 Å². The Kier molecular flexibility index (Phi) is 2.57. The lowest BCUT2D eigenvalue weighted by molar-refractivity contribution is -0.128. The Balaban J connectivity index is 2.36. The average molecular weight is 208 g/mol. The van der Waals surface area contributed by atoms with Gasteiger partial charge in [-0.15, -0.1) is 0 Å². The standard InChI is InChI=1S/C12H13FO2/c1-15-12(8-14)5-4-9-2-3-11(13)6-10(9)7-12/h2-3,6,8H,4-5,7H2,1H3. The highest BCUT2D eigenvalue weighted by molar-refractivity contribution is 5.64. The second-order valence-electron chi connectivity index (χ2n) is 3.98. The van der Waals surface area contributed by atoms with Crippen molar-refractivity contribution < 1.29 is 13.9 Å². The van der Waals surface area contributed by atoms with Crippen LogP contribution in [0.3, 0.4) is 0 Å². The topological polar surface area (TPSA) is 26.3 Å². The third kappa shape index (κ3) is 1.79. The fraction of sp³-hybridized carbons (Fsp3) is 0.417. The van der Waals surface area contributed by atoms with Crippen LogP contribution in [0.15, 0.2) is 18.2 Å². The molecule has 1 atom stereocenters. The maximum atomic E-state index is 13.0. The van der Waals surface area contributed by atoms with Crippen molar-refractivity contribution in [3.05, 3.63) is 35.1 Å². The molecule has 80 valence electrons. The van der Waals surface area contributed by atoms with Crippen molar-refractivity contribution in [3.8, 4) is 0 Å².